The van der Waals surface area contributed by atoms with E-state index in [1.54, 1.807) is 6.20 Å². The number of guanidine groups is 1. The van der Waals surface area contributed by atoms with Crippen molar-refractivity contribution in [1.29, 1.82) is 0 Å². The molecule has 1 aromatic rings. The van der Waals surface area contributed by atoms with E-state index in [9.17, 15) is 0 Å². The molecular weight excluding hydrogens is 312 g/mol. The zero-order valence-electron chi connectivity index (χ0n) is 15.7. The topological polar surface area (TPSA) is 68.3 Å². The molecular formula is C19H34N6. The van der Waals surface area contributed by atoms with Gasteiger partial charge in [0.05, 0.1) is 12.2 Å². The summed E-state index contributed by atoms with van der Waals surface area (Å²) in [6.45, 7) is 7.17. The Morgan fingerprint density at radius 3 is 2.60 bits per heavy atom. The average molecular weight is 347 g/mol. The van der Waals surface area contributed by atoms with Crippen LogP contribution in [0.5, 0.6) is 0 Å². The maximum Gasteiger partial charge on any atom is 0.191 e. The lowest BCUT2D eigenvalue weighted by atomic mass is 9.79. The second-order valence-electron chi connectivity index (χ2n) is 7.46. The number of piperidine rings is 1. The van der Waals surface area contributed by atoms with Crippen LogP contribution in [-0.2, 0) is 6.54 Å². The summed E-state index contributed by atoms with van der Waals surface area (Å²) in [4.78, 5) is 7.50. The summed E-state index contributed by atoms with van der Waals surface area (Å²) in [6, 6.07) is 1.98. The quantitative estimate of drug-likeness (QED) is 0.547. The summed E-state index contributed by atoms with van der Waals surface area (Å²) in [5.74, 6) is 0.916. The Kier molecular flexibility index (Phi) is 6.73. The Morgan fingerprint density at radius 2 is 1.92 bits per heavy atom. The van der Waals surface area contributed by atoms with Crippen LogP contribution < -0.4 is 10.6 Å². The lowest BCUT2D eigenvalue weighted by Crippen LogP contribution is -2.59. The molecule has 0 radical (unpaired) electrons. The molecule has 0 unspecified atom stereocenters. The van der Waals surface area contributed by atoms with Gasteiger partial charge in [0.2, 0.25) is 0 Å². The summed E-state index contributed by atoms with van der Waals surface area (Å²) in [6.07, 6.45) is 12.6. The zero-order valence-corrected chi connectivity index (χ0v) is 15.7. The standard InChI is InChI=1S/C19H34N6/c1-2-20-18(21-15-17-9-12-23-24-17)22-16-19(10-5-3-6-11-19)25-13-7-4-8-14-25/h9,12H,2-8,10-11,13-16H2,1H3,(H,23,24)(H2,20,21,22). The molecule has 140 valence electrons. The van der Waals surface area contributed by atoms with Crippen molar-refractivity contribution in [2.24, 2.45) is 4.99 Å². The minimum absolute atomic E-state index is 0.322. The molecule has 0 atom stereocenters. The molecule has 6 heteroatoms. The SMILES string of the molecule is CCNC(=NCc1ccn[nH]1)NCC1(N2CCCCC2)CCCCC1. The number of aromatic amines is 1. The van der Waals surface area contributed by atoms with Crippen LogP contribution in [0.15, 0.2) is 17.3 Å². The molecule has 0 bridgehead atoms. The predicted molar refractivity (Wildman–Crippen MR) is 103 cm³/mol. The first-order chi connectivity index (χ1) is 12.3. The van der Waals surface area contributed by atoms with Crippen molar-refractivity contribution in [2.75, 3.05) is 26.2 Å². The van der Waals surface area contributed by atoms with Gasteiger partial charge in [0.1, 0.15) is 0 Å². The van der Waals surface area contributed by atoms with Crippen LogP contribution in [-0.4, -0.2) is 52.8 Å². The van der Waals surface area contributed by atoms with Crippen LogP contribution in [0.4, 0.5) is 0 Å². The molecule has 0 spiro atoms. The van der Waals surface area contributed by atoms with Crippen molar-refractivity contribution in [1.82, 2.24) is 25.7 Å². The third-order valence-corrected chi connectivity index (χ3v) is 5.71. The first-order valence-electron chi connectivity index (χ1n) is 10.1. The molecule has 0 aromatic carbocycles. The van der Waals surface area contributed by atoms with Gasteiger partial charge in [-0.05, 0) is 51.8 Å². The number of aromatic nitrogens is 2. The highest BCUT2D eigenvalue weighted by atomic mass is 15.3. The summed E-state index contributed by atoms with van der Waals surface area (Å²) < 4.78 is 0. The first kappa shape index (κ1) is 18.2. The Labute approximate surface area is 151 Å². The van der Waals surface area contributed by atoms with E-state index >= 15 is 0 Å². The molecule has 1 aromatic heterocycles. The van der Waals surface area contributed by atoms with Crippen LogP contribution in [0.3, 0.4) is 0 Å². The van der Waals surface area contributed by atoms with Gasteiger partial charge in [-0.2, -0.15) is 5.10 Å². The number of H-pyrrole nitrogens is 1. The Balaban J connectivity index is 1.63. The Hall–Kier alpha value is -1.56. The van der Waals surface area contributed by atoms with Crippen LogP contribution in [0.1, 0.15) is 64.0 Å². The highest BCUT2D eigenvalue weighted by molar-refractivity contribution is 5.79. The molecule has 1 aliphatic heterocycles. The van der Waals surface area contributed by atoms with E-state index in [1.807, 2.05) is 6.07 Å². The molecule has 2 aliphatic rings. The van der Waals surface area contributed by atoms with Gasteiger partial charge in [0.15, 0.2) is 5.96 Å². The summed E-state index contributed by atoms with van der Waals surface area (Å²) in [7, 11) is 0. The highest BCUT2D eigenvalue weighted by Gasteiger charge is 2.38. The van der Waals surface area contributed by atoms with E-state index < -0.39 is 0 Å². The third kappa shape index (κ3) is 4.97. The van der Waals surface area contributed by atoms with Crippen molar-refractivity contribution < 1.29 is 0 Å². The number of aliphatic imine (C=N–C) groups is 1. The van der Waals surface area contributed by atoms with Crippen LogP contribution in [0, 0.1) is 0 Å². The molecule has 0 amide bonds. The van der Waals surface area contributed by atoms with E-state index in [0.29, 0.717) is 12.1 Å². The molecule has 3 N–H and O–H groups in total. The summed E-state index contributed by atoms with van der Waals surface area (Å²) in [5.41, 5.74) is 1.36. The van der Waals surface area contributed by atoms with E-state index in [0.717, 1.165) is 24.7 Å². The number of nitrogens with one attached hydrogen (secondary N) is 3. The monoisotopic (exact) mass is 346 g/mol. The van der Waals surface area contributed by atoms with E-state index in [2.05, 4.69) is 32.7 Å². The zero-order chi connectivity index (χ0) is 17.4. The van der Waals surface area contributed by atoms with Gasteiger partial charge in [-0.3, -0.25) is 10.00 Å². The number of likely N-dealkylation sites (tertiary alicyclic amines) is 1. The second-order valence-corrected chi connectivity index (χ2v) is 7.46. The second kappa shape index (κ2) is 9.22. The average Bonchev–Trinajstić information content (AvgIpc) is 3.19. The summed E-state index contributed by atoms with van der Waals surface area (Å²) >= 11 is 0. The van der Waals surface area contributed by atoms with Gasteiger partial charge in [0.25, 0.3) is 0 Å². The fourth-order valence-corrected chi connectivity index (χ4v) is 4.31. The van der Waals surface area contributed by atoms with Gasteiger partial charge in [-0.15, -0.1) is 0 Å². The fraction of sp³-hybridized carbons (Fsp3) is 0.789. The minimum atomic E-state index is 0.322. The molecule has 25 heavy (non-hydrogen) atoms. The first-order valence-corrected chi connectivity index (χ1v) is 10.1. The van der Waals surface area contributed by atoms with Crippen molar-refractivity contribution in [2.45, 2.75) is 70.4 Å². The van der Waals surface area contributed by atoms with Gasteiger partial charge in [0, 0.05) is 24.8 Å². The molecule has 6 nitrogen and oxygen atoms in total. The number of rotatable bonds is 6. The normalized spacial score (nSPS) is 21.9. The van der Waals surface area contributed by atoms with Gasteiger partial charge < -0.3 is 10.6 Å². The smallest absolute Gasteiger partial charge is 0.191 e. The van der Waals surface area contributed by atoms with E-state index in [1.165, 1.54) is 64.5 Å². The third-order valence-electron chi connectivity index (χ3n) is 5.71. The predicted octanol–water partition coefficient (Wildman–Crippen LogP) is 2.65. The van der Waals surface area contributed by atoms with Crippen LogP contribution in [0.25, 0.3) is 0 Å². The molecule has 1 saturated heterocycles. The molecule has 1 aliphatic carbocycles. The summed E-state index contributed by atoms with van der Waals surface area (Å²) in [5, 5.41) is 14.0. The fourth-order valence-electron chi connectivity index (χ4n) is 4.31. The van der Waals surface area contributed by atoms with Gasteiger partial charge >= 0.3 is 0 Å². The molecule has 2 heterocycles. The Morgan fingerprint density at radius 1 is 1.16 bits per heavy atom. The van der Waals surface area contributed by atoms with Crippen molar-refractivity contribution in [3.8, 4) is 0 Å². The molecule has 1 saturated carbocycles. The Bertz CT molecular complexity index is 512. The lowest BCUT2D eigenvalue weighted by Gasteiger charge is -2.48. The number of hydrogen-bond donors (Lipinski definition) is 3. The van der Waals surface area contributed by atoms with Gasteiger partial charge in [-0.25, -0.2) is 4.99 Å². The van der Waals surface area contributed by atoms with Gasteiger partial charge in [-0.1, -0.05) is 25.7 Å². The van der Waals surface area contributed by atoms with Crippen LogP contribution in [0.2, 0.25) is 0 Å². The maximum absolute atomic E-state index is 4.72. The van der Waals surface area contributed by atoms with Crippen molar-refractivity contribution >= 4 is 5.96 Å². The minimum Gasteiger partial charge on any atom is -0.357 e. The highest BCUT2D eigenvalue weighted by Crippen LogP contribution is 2.35. The van der Waals surface area contributed by atoms with Crippen molar-refractivity contribution in [3.63, 3.8) is 0 Å². The largest absolute Gasteiger partial charge is 0.357 e. The van der Waals surface area contributed by atoms with E-state index in [4.69, 9.17) is 4.99 Å². The van der Waals surface area contributed by atoms with Crippen LogP contribution >= 0.6 is 0 Å². The van der Waals surface area contributed by atoms with E-state index in [-0.39, 0.29) is 0 Å². The number of nitrogens with zero attached hydrogens (tertiary/aromatic N) is 3. The maximum atomic E-state index is 4.72. The number of hydrogen-bond acceptors (Lipinski definition) is 3. The lowest BCUT2D eigenvalue weighted by molar-refractivity contribution is 0.0368. The van der Waals surface area contributed by atoms with Crippen molar-refractivity contribution in [3.05, 3.63) is 18.0 Å². The molecule has 3 rings (SSSR count). The molecule has 2 fully saturated rings.